The Morgan fingerprint density at radius 1 is 1.36 bits per heavy atom. The van der Waals surface area contributed by atoms with Crippen molar-refractivity contribution >= 4 is 46.3 Å². The summed E-state index contributed by atoms with van der Waals surface area (Å²) in [4.78, 5) is 8.23. The molecular weight excluding hydrogens is 259 g/mol. The smallest absolute Gasteiger partial charge is 0.157 e. The van der Waals surface area contributed by atoms with E-state index >= 15 is 0 Å². The maximum absolute atomic E-state index is 5.94. The number of thiazole rings is 1. The van der Waals surface area contributed by atoms with Gasteiger partial charge >= 0.3 is 0 Å². The highest BCUT2D eigenvalue weighted by Gasteiger charge is 2.06. The zero-order valence-corrected chi connectivity index (χ0v) is 9.92. The third-order valence-corrected chi connectivity index (χ3v) is 4.06. The van der Waals surface area contributed by atoms with Crippen LogP contribution in [-0.4, -0.2) is 9.97 Å². The Bertz CT molecular complexity index is 444. The fraction of sp³-hybridized carbons (Fsp3) is 0. The van der Waals surface area contributed by atoms with Crippen molar-refractivity contribution in [3.05, 3.63) is 33.9 Å². The van der Waals surface area contributed by atoms with Gasteiger partial charge in [-0.25, -0.2) is 9.97 Å². The molecule has 0 radical (unpaired) electrons. The van der Waals surface area contributed by atoms with Gasteiger partial charge in [0.05, 0.1) is 5.02 Å². The van der Waals surface area contributed by atoms with Gasteiger partial charge in [0.2, 0.25) is 0 Å². The van der Waals surface area contributed by atoms with Crippen molar-refractivity contribution in [1.29, 1.82) is 0 Å². The number of pyridine rings is 1. The van der Waals surface area contributed by atoms with Gasteiger partial charge in [-0.05, 0) is 23.9 Å². The number of nitrogens with zero attached hydrogens (tertiary/aromatic N) is 2. The van der Waals surface area contributed by atoms with E-state index < -0.39 is 0 Å². The molecular formula is C8H4Cl2N2S2. The van der Waals surface area contributed by atoms with Crippen LogP contribution in [0.4, 0.5) is 0 Å². The normalized spacial score (nSPS) is 10.4. The maximum atomic E-state index is 5.94. The lowest BCUT2D eigenvalue weighted by Gasteiger charge is -1.97. The number of aromatic nitrogens is 2. The fourth-order valence-electron chi connectivity index (χ4n) is 0.815. The molecule has 0 unspecified atom stereocenters. The van der Waals surface area contributed by atoms with E-state index in [4.69, 9.17) is 23.2 Å². The summed E-state index contributed by atoms with van der Waals surface area (Å²) >= 11 is 14.5. The number of halogens is 2. The van der Waals surface area contributed by atoms with Crippen molar-refractivity contribution in [2.24, 2.45) is 0 Å². The second kappa shape index (κ2) is 4.49. The number of hydrogen-bond donors (Lipinski definition) is 0. The molecule has 2 aromatic heterocycles. The molecule has 0 fully saturated rings. The molecule has 72 valence electrons. The van der Waals surface area contributed by atoms with E-state index in [1.807, 2.05) is 0 Å². The van der Waals surface area contributed by atoms with Crippen LogP contribution in [0.25, 0.3) is 0 Å². The maximum Gasteiger partial charge on any atom is 0.157 e. The first-order valence-electron chi connectivity index (χ1n) is 3.65. The summed E-state index contributed by atoms with van der Waals surface area (Å²) in [5, 5.41) is 3.66. The van der Waals surface area contributed by atoms with Crippen LogP contribution in [-0.2, 0) is 0 Å². The first-order chi connectivity index (χ1) is 6.75. The Morgan fingerprint density at radius 3 is 2.86 bits per heavy atom. The molecule has 0 N–H and O–H groups in total. The highest BCUT2D eigenvalue weighted by Crippen LogP contribution is 2.33. The molecule has 0 bridgehead atoms. The Hall–Kier alpha value is -0.290. The third-order valence-electron chi connectivity index (χ3n) is 1.36. The summed E-state index contributed by atoms with van der Waals surface area (Å²) in [6, 6.07) is 3.59. The van der Waals surface area contributed by atoms with Crippen LogP contribution >= 0.6 is 46.3 Å². The Balaban J connectivity index is 2.23. The fourth-order valence-corrected chi connectivity index (χ4v) is 2.93. The highest BCUT2D eigenvalue weighted by molar-refractivity contribution is 8.01. The third kappa shape index (κ3) is 2.39. The highest BCUT2D eigenvalue weighted by atomic mass is 35.5. The van der Waals surface area contributed by atoms with Gasteiger partial charge in [0, 0.05) is 11.6 Å². The van der Waals surface area contributed by atoms with E-state index in [2.05, 4.69) is 9.97 Å². The minimum Gasteiger partial charge on any atom is -0.248 e. The van der Waals surface area contributed by atoms with Gasteiger partial charge in [-0.1, -0.05) is 23.2 Å². The summed E-state index contributed by atoms with van der Waals surface area (Å²) < 4.78 is 0.843. The second-order valence-electron chi connectivity index (χ2n) is 2.33. The van der Waals surface area contributed by atoms with Crippen LogP contribution in [0.1, 0.15) is 0 Å². The zero-order valence-electron chi connectivity index (χ0n) is 6.78. The molecule has 0 amide bonds. The summed E-state index contributed by atoms with van der Waals surface area (Å²) in [6.07, 6.45) is 1.70. The van der Waals surface area contributed by atoms with Crippen molar-refractivity contribution in [1.82, 2.24) is 9.97 Å². The molecule has 2 rings (SSSR count). The van der Waals surface area contributed by atoms with E-state index in [1.54, 1.807) is 23.7 Å². The van der Waals surface area contributed by atoms with Crippen LogP contribution in [0.3, 0.4) is 0 Å². The van der Waals surface area contributed by atoms with E-state index in [0.717, 1.165) is 9.37 Å². The molecule has 14 heavy (non-hydrogen) atoms. The standard InChI is InChI=1S/C8H4Cl2N2S2/c9-5-2-1-3-11-7(5)14-8-12-6(10)4-13-8/h1-4H. The second-order valence-corrected chi connectivity index (χ2v) is 5.22. The average Bonchev–Trinajstić information content (AvgIpc) is 2.56. The SMILES string of the molecule is Clc1csc(Sc2ncccc2Cl)n1. The van der Waals surface area contributed by atoms with E-state index in [1.165, 1.54) is 23.1 Å². The first kappa shape index (κ1) is 10.2. The van der Waals surface area contributed by atoms with Crippen LogP contribution < -0.4 is 0 Å². The summed E-state index contributed by atoms with van der Waals surface area (Å²) in [6.45, 7) is 0. The molecule has 2 heterocycles. The predicted octanol–water partition coefficient (Wildman–Crippen LogP) is 4.00. The van der Waals surface area contributed by atoms with Gasteiger partial charge in [-0.3, -0.25) is 0 Å². The molecule has 0 aromatic carbocycles. The van der Waals surface area contributed by atoms with Crippen LogP contribution in [0, 0.1) is 0 Å². The topological polar surface area (TPSA) is 25.8 Å². The van der Waals surface area contributed by atoms with Crippen LogP contribution in [0.15, 0.2) is 33.1 Å². The molecule has 0 aliphatic rings. The van der Waals surface area contributed by atoms with Crippen molar-refractivity contribution in [2.75, 3.05) is 0 Å². The number of rotatable bonds is 2. The molecule has 0 atom stereocenters. The number of hydrogen-bond acceptors (Lipinski definition) is 4. The summed E-state index contributed by atoms with van der Waals surface area (Å²) in [5.74, 6) is 0. The first-order valence-corrected chi connectivity index (χ1v) is 6.10. The quantitative estimate of drug-likeness (QED) is 0.819. The van der Waals surface area contributed by atoms with Crippen molar-refractivity contribution in [3.63, 3.8) is 0 Å². The lowest BCUT2D eigenvalue weighted by atomic mass is 10.5. The van der Waals surface area contributed by atoms with E-state index in [-0.39, 0.29) is 0 Å². The Labute approximate surface area is 99.3 Å². The van der Waals surface area contributed by atoms with E-state index in [9.17, 15) is 0 Å². The van der Waals surface area contributed by atoms with Gasteiger partial charge in [0.15, 0.2) is 4.34 Å². The Morgan fingerprint density at radius 2 is 2.21 bits per heavy atom. The van der Waals surface area contributed by atoms with Gasteiger partial charge in [0.25, 0.3) is 0 Å². The zero-order chi connectivity index (χ0) is 9.97. The largest absolute Gasteiger partial charge is 0.248 e. The molecule has 0 saturated carbocycles. The summed E-state index contributed by atoms with van der Waals surface area (Å²) in [5.41, 5.74) is 0. The van der Waals surface area contributed by atoms with Crippen LogP contribution in [0.5, 0.6) is 0 Å². The molecule has 2 aromatic rings. The molecule has 0 aliphatic heterocycles. The lowest BCUT2D eigenvalue weighted by molar-refractivity contribution is 1.12. The molecule has 2 nitrogen and oxygen atoms in total. The monoisotopic (exact) mass is 262 g/mol. The van der Waals surface area contributed by atoms with Gasteiger partial charge < -0.3 is 0 Å². The van der Waals surface area contributed by atoms with Crippen molar-refractivity contribution in [3.8, 4) is 0 Å². The molecule has 0 aliphatic carbocycles. The lowest BCUT2D eigenvalue weighted by Crippen LogP contribution is -1.79. The van der Waals surface area contributed by atoms with Gasteiger partial charge in [-0.15, -0.1) is 11.3 Å². The van der Waals surface area contributed by atoms with E-state index in [0.29, 0.717) is 10.2 Å². The van der Waals surface area contributed by atoms with Gasteiger partial charge in [0.1, 0.15) is 10.2 Å². The van der Waals surface area contributed by atoms with Crippen molar-refractivity contribution in [2.45, 2.75) is 9.37 Å². The van der Waals surface area contributed by atoms with Crippen LogP contribution in [0.2, 0.25) is 10.2 Å². The predicted molar refractivity (Wildman–Crippen MR) is 60.5 cm³/mol. The van der Waals surface area contributed by atoms with Gasteiger partial charge in [-0.2, -0.15) is 0 Å². The molecule has 0 saturated heterocycles. The van der Waals surface area contributed by atoms with Crippen molar-refractivity contribution < 1.29 is 0 Å². The molecule has 6 heteroatoms. The Kier molecular flexibility index (Phi) is 3.28. The average molecular weight is 263 g/mol. The minimum atomic E-state index is 0.504. The summed E-state index contributed by atoms with van der Waals surface area (Å²) in [7, 11) is 0. The minimum absolute atomic E-state index is 0.504. The molecule has 0 spiro atoms.